The zero-order valence-corrected chi connectivity index (χ0v) is 12.5. The van der Waals surface area contributed by atoms with Gasteiger partial charge in [-0.25, -0.2) is 8.78 Å². The van der Waals surface area contributed by atoms with E-state index in [9.17, 15) is 18.3 Å². The summed E-state index contributed by atoms with van der Waals surface area (Å²) in [5, 5.41) is 8.99. The van der Waals surface area contributed by atoms with E-state index in [0.717, 1.165) is 24.5 Å². The van der Waals surface area contributed by atoms with Crippen molar-refractivity contribution in [2.24, 2.45) is 0 Å². The maximum absolute atomic E-state index is 14.7. The van der Waals surface area contributed by atoms with Crippen LogP contribution in [0.15, 0.2) is 42.5 Å². The monoisotopic (exact) mass is 316 g/mol. The predicted octanol–water partition coefficient (Wildman–Crippen LogP) is 5.58. The minimum atomic E-state index is -1.44. The van der Waals surface area contributed by atoms with Crippen LogP contribution in [-0.2, 0) is 6.42 Å². The molecule has 0 saturated carbocycles. The molecule has 0 aliphatic heterocycles. The summed E-state index contributed by atoms with van der Waals surface area (Å²) >= 11 is 0. The molecule has 1 N–H and O–H groups in total. The topological polar surface area (TPSA) is 20.2 Å². The first-order chi connectivity index (χ1) is 11.0. The third-order valence-corrected chi connectivity index (χ3v) is 3.91. The zero-order valence-electron chi connectivity index (χ0n) is 12.5. The van der Waals surface area contributed by atoms with E-state index in [4.69, 9.17) is 0 Å². The Hall–Kier alpha value is -2.49. The van der Waals surface area contributed by atoms with Crippen LogP contribution in [0.4, 0.5) is 13.2 Å². The van der Waals surface area contributed by atoms with Crippen molar-refractivity contribution < 1.29 is 18.3 Å². The molecule has 0 unspecified atom stereocenters. The lowest BCUT2D eigenvalue weighted by molar-refractivity contribution is 0.410. The van der Waals surface area contributed by atoms with Crippen molar-refractivity contribution in [3.05, 3.63) is 65.5 Å². The maximum Gasteiger partial charge on any atom is 0.201 e. The molecule has 0 saturated heterocycles. The molecular formula is C19H15F3O. The van der Waals surface area contributed by atoms with E-state index < -0.39 is 28.6 Å². The average Bonchev–Trinajstić information content (AvgIpc) is 2.54. The Balaban J connectivity index is 2.17. The van der Waals surface area contributed by atoms with Crippen molar-refractivity contribution in [3.63, 3.8) is 0 Å². The first kappa shape index (κ1) is 15.4. The van der Waals surface area contributed by atoms with Crippen LogP contribution in [0.25, 0.3) is 21.9 Å². The van der Waals surface area contributed by atoms with Crippen molar-refractivity contribution in [1.29, 1.82) is 0 Å². The van der Waals surface area contributed by atoms with Gasteiger partial charge in [0.1, 0.15) is 5.82 Å². The van der Waals surface area contributed by atoms with Crippen molar-refractivity contribution in [2.45, 2.75) is 19.8 Å². The second-order valence-corrected chi connectivity index (χ2v) is 5.50. The lowest BCUT2D eigenvalue weighted by Crippen LogP contribution is -1.94. The molecule has 3 rings (SSSR count). The molecule has 1 nitrogen and oxygen atoms in total. The zero-order chi connectivity index (χ0) is 16.6. The molecular weight excluding hydrogens is 301 g/mol. The SMILES string of the molecule is CCCc1ccc(-c2ccc3cc(O)c(F)c(F)c3c2F)cc1. The number of phenolic OH excluding ortho intramolecular Hbond substituents is 1. The number of phenols is 1. The van der Waals surface area contributed by atoms with Gasteiger partial charge >= 0.3 is 0 Å². The quantitative estimate of drug-likeness (QED) is 0.668. The third kappa shape index (κ3) is 2.65. The summed E-state index contributed by atoms with van der Waals surface area (Å²) in [6.45, 7) is 2.07. The molecule has 0 spiro atoms. The normalized spacial score (nSPS) is 11.1. The molecule has 0 aromatic heterocycles. The minimum Gasteiger partial charge on any atom is -0.505 e. The number of rotatable bonds is 3. The second-order valence-electron chi connectivity index (χ2n) is 5.50. The first-order valence-corrected chi connectivity index (χ1v) is 7.41. The molecule has 0 aliphatic carbocycles. The van der Waals surface area contributed by atoms with Crippen LogP contribution in [0.2, 0.25) is 0 Å². The fourth-order valence-electron chi connectivity index (χ4n) is 2.73. The molecule has 4 heteroatoms. The minimum absolute atomic E-state index is 0.116. The second kappa shape index (κ2) is 5.95. The molecule has 0 radical (unpaired) electrons. The lowest BCUT2D eigenvalue weighted by Gasteiger charge is -2.10. The smallest absolute Gasteiger partial charge is 0.201 e. The summed E-state index contributed by atoms with van der Waals surface area (Å²) in [4.78, 5) is 0. The first-order valence-electron chi connectivity index (χ1n) is 7.41. The van der Waals surface area contributed by atoms with Crippen molar-refractivity contribution in [1.82, 2.24) is 0 Å². The van der Waals surface area contributed by atoms with Crippen LogP contribution in [0.3, 0.4) is 0 Å². The Kier molecular flexibility index (Phi) is 3.99. The molecule has 0 atom stereocenters. The summed E-state index contributed by atoms with van der Waals surface area (Å²) < 4.78 is 42.2. The molecule has 118 valence electrons. The van der Waals surface area contributed by atoms with E-state index in [1.807, 2.05) is 12.1 Å². The largest absolute Gasteiger partial charge is 0.505 e. The van der Waals surface area contributed by atoms with E-state index in [-0.39, 0.29) is 10.9 Å². The third-order valence-electron chi connectivity index (χ3n) is 3.91. The van der Waals surface area contributed by atoms with E-state index in [2.05, 4.69) is 6.92 Å². The van der Waals surface area contributed by atoms with Gasteiger partial charge in [-0.1, -0.05) is 49.7 Å². The average molecular weight is 316 g/mol. The Labute approximate surface area is 132 Å². The van der Waals surface area contributed by atoms with Gasteiger partial charge in [0.2, 0.25) is 5.82 Å². The fourth-order valence-corrected chi connectivity index (χ4v) is 2.73. The predicted molar refractivity (Wildman–Crippen MR) is 84.9 cm³/mol. The van der Waals surface area contributed by atoms with Crippen LogP contribution < -0.4 is 0 Å². The van der Waals surface area contributed by atoms with Gasteiger partial charge in [-0.3, -0.25) is 0 Å². The van der Waals surface area contributed by atoms with E-state index in [1.54, 1.807) is 12.1 Å². The summed E-state index contributed by atoms with van der Waals surface area (Å²) in [6, 6.07) is 11.3. The Morgan fingerprint density at radius 3 is 2.22 bits per heavy atom. The van der Waals surface area contributed by atoms with Crippen LogP contribution in [0.1, 0.15) is 18.9 Å². The number of benzene rings is 3. The summed E-state index contributed by atoms with van der Waals surface area (Å²) in [7, 11) is 0. The molecule has 0 bridgehead atoms. The van der Waals surface area contributed by atoms with Crippen LogP contribution >= 0.6 is 0 Å². The Bertz CT molecular complexity index is 870. The van der Waals surface area contributed by atoms with Crippen molar-refractivity contribution >= 4 is 10.8 Å². The molecule has 3 aromatic rings. The number of halogens is 3. The highest BCUT2D eigenvalue weighted by atomic mass is 19.2. The van der Waals surface area contributed by atoms with Gasteiger partial charge in [-0.2, -0.15) is 4.39 Å². The van der Waals surface area contributed by atoms with Gasteiger partial charge in [-0.15, -0.1) is 0 Å². The van der Waals surface area contributed by atoms with Gasteiger partial charge < -0.3 is 5.11 Å². The molecule has 23 heavy (non-hydrogen) atoms. The van der Waals surface area contributed by atoms with Crippen molar-refractivity contribution in [3.8, 4) is 16.9 Å². The standard InChI is InChI=1S/C19H15F3O/c1-2-3-11-4-6-12(7-5-11)14-9-8-13-10-15(23)18(21)19(22)16(13)17(14)20/h4-10,23H,2-3H2,1H3. The van der Waals surface area contributed by atoms with E-state index >= 15 is 0 Å². The Morgan fingerprint density at radius 2 is 1.57 bits per heavy atom. The van der Waals surface area contributed by atoms with Crippen molar-refractivity contribution in [2.75, 3.05) is 0 Å². The summed E-state index contributed by atoms with van der Waals surface area (Å²) in [5.74, 6) is -4.47. The molecule has 0 aliphatic rings. The molecule has 0 heterocycles. The number of aryl methyl sites for hydroxylation is 1. The van der Waals surface area contributed by atoms with Gasteiger partial charge in [-0.05, 0) is 29.0 Å². The van der Waals surface area contributed by atoms with Gasteiger partial charge in [0.15, 0.2) is 11.6 Å². The van der Waals surface area contributed by atoms with Crippen LogP contribution in [-0.4, -0.2) is 5.11 Å². The van der Waals surface area contributed by atoms with Gasteiger partial charge in [0.25, 0.3) is 0 Å². The lowest BCUT2D eigenvalue weighted by atomic mass is 9.98. The highest BCUT2D eigenvalue weighted by Gasteiger charge is 2.19. The van der Waals surface area contributed by atoms with Gasteiger partial charge in [0, 0.05) is 5.56 Å². The maximum atomic E-state index is 14.7. The number of hydrogen-bond donors (Lipinski definition) is 1. The van der Waals surface area contributed by atoms with Crippen LogP contribution in [0, 0.1) is 17.5 Å². The molecule has 0 fully saturated rings. The van der Waals surface area contributed by atoms with E-state index in [1.165, 1.54) is 12.1 Å². The molecule has 0 amide bonds. The highest BCUT2D eigenvalue weighted by Crippen LogP contribution is 2.34. The molecule has 3 aromatic carbocycles. The summed E-state index contributed by atoms with van der Waals surface area (Å²) in [5.41, 5.74) is 1.93. The Morgan fingerprint density at radius 1 is 0.870 bits per heavy atom. The van der Waals surface area contributed by atoms with E-state index in [0.29, 0.717) is 5.56 Å². The number of hydrogen-bond acceptors (Lipinski definition) is 1. The van der Waals surface area contributed by atoms with Crippen LogP contribution in [0.5, 0.6) is 5.75 Å². The number of fused-ring (bicyclic) bond motifs is 1. The summed E-state index contributed by atoms with van der Waals surface area (Å²) in [6.07, 6.45) is 1.94. The fraction of sp³-hybridized carbons (Fsp3) is 0.158. The highest BCUT2D eigenvalue weighted by molar-refractivity contribution is 5.90. The number of aromatic hydroxyl groups is 1. The van der Waals surface area contributed by atoms with Gasteiger partial charge in [0.05, 0.1) is 5.39 Å².